The molecule has 3 rings (SSSR count). The van der Waals surface area contributed by atoms with Gasteiger partial charge in [0.15, 0.2) is 11.6 Å². The van der Waals surface area contributed by atoms with Crippen molar-refractivity contribution in [2.24, 2.45) is 0 Å². The quantitative estimate of drug-likeness (QED) is 0.834. The maximum absolute atomic E-state index is 13.3. The SMILES string of the molecule is CC(C)(C(=O)N1CCN(Cc2ccc(F)c(F)c2)CC1)c1ccccc1. The van der Waals surface area contributed by atoms with Gasteiger partial charge in [-0.1, -0.05) is 36.4 Å². The van der Waals surface area contributed by atoms with Gasteiger partial charge in [0.1, 0.15) is 0 Å². The highest BCUT2D eigenvalue weighted by molar-refractivity contribution is 5.87. The number of piperazine rings is 1. The monoisotopic (exact) mass is 358 g/mol. The standard InChI is InChI=1S/C21H24F2N2O/c1-21(2,17-6-4-3-5-7-17)20(26)25-12-10-24(11-13-25)15-16-8-9-18(22)19(23)14-16/h3-9,14H,10-13,15H2,1-2H3. The van der Waals surface area contributed by atoms with Crippen molar-refractivity contribution in [2.45, 2.75) is 25.8 Å². The van der Waals surface area contributed by atoms with Crippen molar-refractivity contribution >= 4 is 5.91 Å². The highest BCUT2D eigenvalue weighted by Crippen LogP contribution is 2.26. The van der Waals surface area contributed by atoms with Crippen LogP contribution in [0.4, 0.5) is 8.78 Å². The molecule has 0 bridgehead atoms. The van der Waals surface area contributed by atoms with E-state index in [9.17, 15) is 13.6 Å². The highest BCUT2D eigenvalue weighted by atomic mass is 19.2. The van der Waals surface area contributed by atoms with Crippen molar-refractivity contribution in [1.82, 2.24) is 9.80 Å². The maximum atomic E-state index is 13.3. The zero-order chi connectivity index (χ0) is 18.7. The number of carbonyl (C=O) groups is 1. The van der Waals surface area contributed by atoms with Gasteiger partial charge in [-0.25, -0.2) is 8.78 Å². The van der Waals surface area contributed by atoms with Crippen LogP contribution in [-0.4, -0.2) is 41.9 Å². The lowest BCUT2D eigenvalue weighted by atomic mass is 9.83. The lowest BCUT2D eigenvalue weighted by Crippen LogP contribution is -2.52. The van der Waals surface area contributed by atoms with Crippen LogP contribution in [0.3, 0.4) is 0 Å². The molecule has 1 aliphatic rings. The number of hydrogen-bond donors (Lipinski definition) is 0. The second kappa shape index (κ2) is 7.54. The summed E-state index contributed by atoms with van der Waals surface area (Å²) in [6, 6.07) is 13.8. The summed E-state index contributed by atoms with van der Waals surface area (Å²) in [7, 11) is 0. The Morgan fingerprint density at radius 3 is 2.23 bits per heavy atom. The van der Waals surface area contributed by atoms with Crippen LogP contribution in [-0.2, 0) is 16.8 Å². The topological polar surface area (TPSA) is 23.6 Å². The van der Waals surface area contributed by atoms with Crippen LogP contribution >= 0.6 is 0 Å². The molecule has 1 fully saturated rings. The van der Waals surface area contributed by atoms with E-state index >= 15 is 0 Å². The molecule has 138 valence electrons. The van der Waals surface area contributed by atoms with E-state index in [1.54, 1.807) is 6.07 Å². The van der Waals surface area contributed by atoms with E-state index in [0.29, 0.717) is 19.6 Å². The molecule has 0 unspecified atom stereocenters. The molecule has 0 N–H and O–H groups in total. The number of rotatable bonds is 4. The summed E-state index contributed by atoms with van der Waals surface area (Å²) in [4.78, 5) is 17.0. The predicted octanol–water partition coefficient (Wildman–Crippen LogP) is 3.59. The molecule has 0 aliphatic carbocycles. The first-order valence-corrected chi connectivity index (χ1v) is 8.89. The first-order valence-electron chi connectivity index (χ1n) is 8.89. The fraction of sp³-hybridized carbons (Fsp3) is 0.381. The Morgan fingerprint density at radius 2 is 1.62 bits per heavy atom. The summed E-state index contributed by atoms with van der Waals surface area (Å²) in [5, 5.41) is 0. The Morgan fingerprint density at radius 1 is 0.962 bits per heavy atom. The van der Waals surface area contributed by atoms with E-state index in [4.69, 9.17) is 0 Å². The third-order valence-corrected chi connectivity index (χ3v) is 5.08. The van der Waals surface area contributed by atoms with Crippen molar-refractivity contribution in [2.75, 3.05) is 26.2 Å². The second-order valence-corrected chi connectivity index (χ2v) is 7.31. The van der Waals surface area contributed by atoms with Crippen LogP contribution in [0.1, 0.15) is 25.0 Å². The van der Waals surface area contributed by atoms with Crippen LogP contribution in [0.15, 0.2) is 48.5 Å². The number of carbonyl (C=O) groups excluding carboxylic acids is 1. The van der Waals surface area contributed by atoms with Crippen LogP contribution < -0.4 is 0 Å². The molecule has 26 heavy (non-hydrogen) atoms. The minimum Gasteiger partial charge on any atom is -0.339 e. The third kappa shape index (κ3) is 3.93. The summed E-state index contributed by atoms with van der Waals surface area (Å²) in [5.74, 6) is -1.52. The molecular weight excluding hydrogens is 334 g/mol. The number of halogens is 2. The fourth-order valence-electron chi connectivity index (χ4n) is 3.38. The molecule has 5 heteroatoms. The van der Waals surface area contributed by atoms with Crippen molar-refractivity contribution in [3.05, 3.63) is 71.3 Å². The number of hydrogen-bond acceptors (Lipinski definition) is 2. The predicted molar refractivity (Wildman–Crippen MR) is 97.7 cm³/mol. The zero-order valence-electron chi connectivity index (χ0n) is 15.2. The third-order valence-electron chi connectivity index (χ3n) is 5.08. The van der Waals surface area contributed by atoms with E-state index in [1.807, 2.05) is 49.1 Å². The summed E-state index contributed by atoms with van der Waals surface area (Å²) in [6.07, 6.45) is 0. The van der Waals surface area contributed by atoms with E-state index in [2.05, 4.69) is 4.90 Å². The molecule has 2 aromatic carbocycles. The molecule has 0 atom stereocenters. The average molecular weight is 358 g/mol. The summed E-state index contributed by atoms with van der Waals surface area (Å²) < 4.78 is 26.4. The average Bonchev–Trinajstić information content (AvgIpc) is 2.65. The van der Waals surface area contributed by atoms with Crippen LogP contribution in [0.2, 0.25) is 0 Å². The molecule has 0 saturated carbocycles. The van der Waals surface area contributed by atoms with Gasteiger partial charge in [0.25, 0.3) is 0 Å². The Labute approximate surface area is 153 Å². The minimum absolute atomic E-state index is 0.121. The molecule has 0 aromatic heterocycles. The van der Waals surface area contributed by atoms with Gasteiger partial charge in [0.2, 0.25) is 5.91 Å². The fourth-order valence-corrected chi connectivity index (χ4v) is 3.38. The zero-order valence-corrected chi connectivity index (χ0v) is 15.2. The van der Waals surface area contributed by atoms with Gasteiger partial charge < -0.3 is 4.90 Å². The molecule has 0 radical (unpaired) electrons. The summed E-state index contributed by atoms with van der Waals surface area (Å²) in [6.45, 7) is 7.18. The first-order chi connectivity index (χ1) is 12.4. The van der Waals surface area contributed by atoms with Gasteiger partial charge in [-0.15, -0.1) is 0 Å². The van der Waals surface area contributed by atoms with Crippen molar-refractivity contribution in [3.8, 4) is 0 Å². The first kappa shape index (κ1) is 18.5. The molecule has 0 spiro atoms. The van der Waals surface area contributed by atoms with Crippen molar-refractivity contribution in [1.29, 1.82) is 0 Å². The van der Waals surface area contributed by atoms with Crippen LogP contribution in [0, 0.1) is 11.6 Å². The summed E-state index contributed by atoms with van der Waals surface area (Å²) in [5.41, 5.74) is 1.19. The van der Waals surface area contributed by atoms with Gasteiger partial charge in [-0.3, -0.25) is 9.69 Å². The molecular formula is C21H24F2N2O. The molecule has 1 saturated heterocycles. The lowest BCUT2D eigenvalue weighted by Gasteiger charge is -2.38. The van der Waals surface area contributed by atoms with E-state index in [1.165, 1.54) is 6.07 Å². The van der Waals surface area contributed by atoms with Gasteiger partial charge >= 0.3 is 0 Å². The molecule has 1 amide bonds. The largest absolute Gasteiger partial charge is 0.339 e. The maximum Gasteiger partial charge on any atom is 0.232 e. The number of benzene rings is 2. The van der Waals surface area contributed by atoms with Gasteiger partial charge in [0, 0.05) is 32.7 Å². The van der Waals surface area contributed by atoms with Crippen molar-refractivity contribution < 1.29 is 13.6 Å². The van der Waals surface area contributed by atoms with E-state index in [0.717, 1.165) is 30.3 Å². The Bertz CT molecular complexity index is 769. The summed E-state index contributed by atoms with van der Waals surface area (Å²) >= 11 is 0. The molecule has 1 aliphatic heterocycles. The van der Waals surface area contributed by atoms with Gasteiger partial charge in [-0.2, -0.15) is 0 Å². The second-order valence-electron chi connectivity index (χ2n) is 7.31. The van der Waals surface area contributed by atoms with Crippen LogP contribution in [0.5, 0.6) is 0 Å². The van der Waals surface area contributed by atoms with Gasteiger partial charge in [0.05, 0.1) is 5.41 Å². The number of nitrogens with zero attached hydrogens (tertiary/aromatic N) is 2. The van der Waals surface area contributed by atoms with E-state index in [-0.39, 0.29) is 5.91 Å². The normalized spacial score (nSPS) is 15.9. The lowest BCUT2D eigenvalue weighted by molar-refractivity contribution is -0.138. The van der Waals surface area contributed by atoms with E-state index < -0.39 is 17.0 Å². The highest BCUT2D eigenvalue weighted by Gasteiger charge is 2.34. The van der Waals surface area contributed by atoms with Crippen molar-refractivity contribution in [3.63, 3.8) is 0 Å². The van der Waals surface area contributed by atoms with Gasteiger partial charge in [-0.05, 0) is 37.1 Å². The molecule has 3 nitrogen and oxygen atoms in total. The van der Waals surface area contributed by atoms with Crippen LogP contribution in [0.25, 0.3) is 0 Å². The minimum atomic E-state index is -0.827. The Balaban J connectivity index is 1.59. The smallest absolute Gasteiger partial charge is 0.232 e. The molecule has 2 aromatic rings. The Kier molecular flexibility index (Phi) is 5.37. The Hall–Kier alpha value is -2.27. The molecule has 1 heterocycles. The number of amides is 1.